The van der Waals surface area contributed by atoms with Crippen molar-refractivity contribution in [2.24, 2.45) is 0 Å². The highest BCUT2D eigenvalue weighted by Crippen LogP contribution is 2.39. The normalized spacial score (nSPS) is 11.4. The zero-order valence-electron chi connectivity index (χ0n) is 31.8. The fourth-order valence-electron chi connectivity index (χ4n) is 7.96. The van der Waals surface area contributed by atoms with E-state index in [4.69, 9.17) is 19.9 Å². The number of nitrogens with zero attached hydrogens (tertiary/aromatic N) is 7. The van der Waals surface area contributed by atoms with Crippen LogP contribution in [-0.2, 0) is 0 Å². The zero-order chi connectivity index (χ0) is 39.1. The molecule has 0 aliphatic heterocycles. The Labute approximate surface area is 340 Å². The summed E-state index contributed by atoms with van der Waals surface area (Å²) >= 11 is 0. The highest BCUT2D eigenvalue weighted by molar-refractivity contribution is 5.92. The number of fused-ring (bicyclic) bond motifs is 5. The van der Waals surface area contributed by atoms with Crippen molar-refractivity contribution in [1.29, 1.82) is 0 Å². The van der Waals surface area contributed by atoms with Crippen LogP contribution in [0.1, 0.15) is 0 Å². The Morgan fingerprint density at radius 3 is 1.41 bits per heavy atom. The molecule has 0 saturated carbocycles. The number of para-hydroxylation sites is 4. The van der Waals surface area contributed by atoms with E-state index in [0.29, 0.717) is 17.6 Å². The fraction of sp³-hybridized carbons (Fsp3) is 0. The Balaban J connectivity index is 1.08. The molecular weight excluding hydrogens is 723 g/mol. The first-order valence-corrected chi connectivity index (χ1v) is 19.7. The maximum absolute atomic E-state index is 5.25. The molecule has 59 heavy (non-hydrogen) atoms. The first kappa shape index (κ1) is 34.1. The molecule has 8 aromatic carbocycles. The van der Waals surface area contributed by atoms with E-state index in [9.17, 15) is 0 Å². The van der Waals surface area contributed by atoms with Gasteiger partial charge in [-0.15, -0.1) is 0 Å². The van der Waals surface area contributed by atoms with Crippen LogP contribution in [0.3, 0.4) is 0 Å². The lowest BCUT2D eigenvalue weighted by atomic mass is 10.0. The second kappa shape index (κ2) is 14.4. The van der Waals surface area contributed by atoms with Gasteiger partial charge in [0.05, 0.1) is 22.1 Å². The van der Waals surface area contributed by atoms with Crippen molar-refractivity contribution >= 4 is 44.9 Å². The minimum absolute atomic E-state index is 0.491. The van der Waals surface area contributed by atoms with Gasteiger partial charge in [0.15, 0.2) is 11.6 Å². The molecule has 3 aromatic heterocycles. The van der Waals surface area contributed by atoms with Crippen molar-refractivity contribution in [2.75, 3.05) is 4.90 Å². The molecule has 0 radical (unpaired) electrons. The predicted molar refractivity (Wildman–Crippen MR) is 239 cm³/mol. The van der Waals surface area contributed by atoms with Crippen LogP contribution >= 0.6 is 0 Å². The van der Waals surface area contributed by atoms with Gasteiger partial charge in [-0.25, -0.2) is 14.5 Å². The Bertz CT molecular complexity index is 3160. The summed E-state index contributed by atoms with van der Waals surface area (Å²) in [5.74, 6) is 2.36. The molecule has 0 amide bonds. The summed E-state index contributed by atoms with van der Waals surface area (Å²) in [6.07, 6.45) is 0. The number of aromatic nitrogens is 6. The van der Waals surface area contributed by atoms with E-state index >= 15 is 0 Å². The fourth-order valence-corrected chi connectivity index (χ4v) is 7.96. The van der Waals surface area contributed by atoms with Crippen LogP contribution in [0.15, 0.2) is 212 Å². The van der Waals surface area contributed by atoms with Gasteiger partial charge < -0.3 is 4.90 Å². The minimum atomic E-state index is 0.491. The summed E-state index contributed by atoms with van der Waals surface area (Å²) in [4.78, 5) is 22.9. The average Bonchev–Trinajstić information content (AvgIpc) is 3.85. The lowest BCUT2D eigenvalue weighted by Crippen LogP contribution is -2.10. The Morgan fingerprint density at radius 2 is 0.797 bits per heavy atom. The van der Waals surface area contributed by atoms with E-state index < -0.39 is 0 Å². The monoisotopic (exact) mass is 757 g/mol. The molecule has 278 valence electrons. The van der Waals surface area contributed by atoms with Gasteiger partial charge >= 0.3 is 0 Å². The molecular formula is C52H35N7. The van der Waals surface area contributed by atoms with Crippen molar-refractivity contribution in [3.8, 4) is 51.0 Å². The standard InChI is InChI=1S/C52H35N7/c1-4-15-36(16-5-1)38-27-31-42(32-28-38)57(43-33-29-39(30-34-43)37-17-6-2-7-18-37)44-22-14-21-41(35-44)50-54-49(40-19-8-3-9-20-40)55-51(56-50)59-48-26-13-12-25-47(48)58-46-24-11-10-23-45(46)53-52(58)59/h1-35H. The molecule has 0 saturated heterocycles. The Morgan fingerprint density at radius 1 is 0.322 bits per heavy atom. The number of hydrogen-bond donors (Lipinski definition) is 0. The average molecular weight is 758 g/mol. The van der Waals surface area contributed by atoms with Gasteiger partial charge in [-0.1, -0.05) is 152 Å². The third kappa shape index (κ3) is 6.18. The highest BCUT2D eigenvalue weighted by atomic mass is 15.3. The molecule has 0 aliphatic rings. The number of anilines is 3. The van der Waals surface area contributed by atoms with Gasteiger partial charge in [0.2, 0.25) is 11.7 Å². The predicted octanol–water partition coefficient (Wildman–Crippen LogP) is 12.8. The third-order valence-corrected chi connectivity index (χ3v) is 10.8. The van der Waals surface area contributed by atoms with Gasteiger partial charge in [-0.2, -0.15) is 9.97 Å². The topological polar surface area (TPSA) is 64.1 Å². The summed E-state index contributed by atoms with van der Waals surface area (Å²) in [5, 5.41) is 0. The lowest BCUT2D eigenvalue weighted by molar-refractivity contribution is 0.937. The third-order valence-electron chi connectivity index (χ3n) is 10.8. The van der Waals surface area contributed by atoms with Gasteiger partial charge in [-0.3, -0.25) is 4.40 Å². The second-order valence-electron chi connectivity index (χ2n) is 14.4. The second-order valence-corrected chi connectivity index (χ2v) is 14.4. The van der Waals surface area contributed by atoms with E-state index in [0.717, 1.165) is 67.2 Å². The van der Waals surface area contributed by atoms with Crippen molar-refractivity contribution in [1.82, 2.24) is 28.9 Å². The quantitative estimate of drug-likeness (QED) is 0.154. The summed E-state index contributed by atoms with van der Waals surface area (Å²) in [6, 6.07) is 73.5. The molecule has 0 aliphatic carbocycles. The van der Waals surface area contributed by atoms with Crippen molar-refractivity contribution in [3.63, 3.8) is 0 Å². The SMILES string of the molecule is c1ccc(-c2ccc(N(c3ccc(-c4ccccc4)cc3)c3cccc(-c4nc(-c5ccccc5)nc(-n5c6ccccc6n6c7ccccc7nc56)n4)c3)cc2)cc1. The number of rotatable bonds is 8. The molecule has 7 nitrogen and oxygen atoms in total. The first-order chi connectivity index (χ1) is 29.2. The smallest absolute Gasteiger partial charge is 0.241 e. The van der Waals surface area contributed by atoms with Crippen LogP contribution in [0.2, 0.25) is 0 Å². The van der Waals surface area contributed by atoms with Crippen LogP contribution in [0.4, 0.5) is 17.1 Å². The van der Waals surface area contributed by atoms with Crippen LogP contribution < -0.4 is 4.90 Å². The number of imidazole rings is 2. The van der Waals surface area contributed by atoms with Gasteiger partial charge in [0.1, 0.15) is 0 Å². The van der Waals surface area contributed by atoms with Gasteiger partial charge in [-0.05, 0) is 82.9 Å². The maximum Gasteiger partial charge on any atom is 0.241 e. The minimum Gasteiger partial charge on any atom is -0.310 e. The van der Waals surface area contributed by atoms with E-state index in [1.165, 1.54) is 11.1 Å². The van der Waals surface area contributed by atoms with Crippen LogP contribution in [0, 0.1) is 0 Å². The highest BCUT2D eigenvalue weighted by Gasteiger charge is 2.22. The molecule has 11 aromatic rings. The molecule has 0 spiro atoms. The van der Waals surface area contributed by atoms with E-state index in [2.05, 4.69) is 155 Å². The van der Waals surface area contributed by atoms with Crippen LogP contribution in [0.25, 0.3) is 78.8 Å². The number of benzene rings is 8. The molecule has 11 rings (SSSR count). The van der Waals surface area contributed by atoms with Crippen LogP contribution in [-0.4, -0.2) is 28.9 Å². The van der Waals surface area contributed by atoms with Crippen LogP contribution in [0.5, 0.6) is 0 Å². The summed E-state index contributed by atoms with van der Waals surface area (Å²) in [7, 11) is 0. The molecule has 0 bridgehead atoms. The Hall–Kier alpha value is -8.16. The molecule has 7 heteroatoms. The lowest BCUT2D eigenvalue weighted by Gasteiger charge is -2.26. The molecule has 0 atom stereocenters. The van der Waals surface area contributed by atoms with Gasteiger partial charge in [0, 0.05) is 28.2 Å². The zero-order valence-corrected chi connectivity index (χ0v) is 31.8. The van der Waals surface area contributed by atoms with E-state index in [1.807, 2.05) is 71.3 Å². The van der Waals surface area contributed by atoms with E-state index in [1.54, 1.807) is 0 Å². The van der Waals surface area contributed by atoms with Crippen molar-refractivity contribution < 1.29 is 0 Å². The van der Waals surface area contributed by atoms with Crippen molar-refractivity contribution in [2.45, 2.75) is 0 Å². The first-order valence-electron chi connectivity index (χ1n) is 19.7. The molecule has 0 N–H and O–H groups in total. The Kier molecular flexibility index (Phi) is 8.33. The molecule has 3 heterocycles. The van der Waals surface area contributed by atoms with E-state index in [-0.39, 0.29) is 0 Å². The summed E-state index contributed by atoms with van der Waals surface area (Å²) in [5.41, 5.74) is 13.4. The molecule has 0 unspecified atom stereocenters. The summed E-state index contributed by atoms with van der Waals surface area (Å²) < 4.78 is 4.23. The van der Waals surface area contributed by atoms with Crippen molar-refractivity contribution in [3.05, 3.63) is 212 Å². The van der Waals surface area contributed by atoms with Gasteiger partial charge in [0.25, 0.3) is 0 Å². The maximum atomic E-state index is 5.25. The largest absolute Gasteiger partial charge is 0.310 e. The number of hydrogen-bond acceptors (Lipinski definition) is 5. The summed E-state index contributed by atoms with van der Waals surface area (Å²) in [6.45, 7) is 0. The molecule has 0 fully saturated rings.